The zero-order chi connectivity index (χ0) is 16.4. The average Bonchev–Trinajstić information content (AvgIpc) is 3.15. The van der Waals surface area contributed by atoms with E-state index in [1.807, 2.05) is 13.8 Å². The van der Waals surface area contributed by atoms with Crippen molar-refractivity contribution in [1.29, 1.82) is 0 Å². The molecule has 0 saturated carbocycles. The number of carbonyl (C=O) groups excluding carboxylic acids is 2. The van der Waals surface area contributed by atoms with Crippen LogP contribution in [0, 0.1) is 0 Å². The van der Waals surface area contributed by atoms with Crippen molar-refractivity contribution in [2.45, 2.75) is 19.8 Å². The van der Waals surface area contributed by atoms with E-state index < -0.39 is 0 Å². The van der Waals surface area contributed by atoms with Gasteiger partial charge in [-0.15, -0.1) is 0 Å². The van der Waals surface area contributed by atoms with Crippen molar-refractivity contribution in [3.8, 4) is 0 Å². The lowest BCUT2D eigenvalue weighted by molar-refractivity contribution is 0.0945. The van der Waals surface area contributed by atoms with Gasteiger partial charge in [0.1, 0.15) is 12.0 Å². The van der Waals surface area contributed by atoms with Crippen molar-refractivity contribution < 1.29 is 9.59 Å². The molecular weight excluding hydrogens is 298 g/mol. The Balaban J connectivity index is 1.69. The third-order valence-corrected chi connectivity index (χ3v) is 3.72. The van der Waals surface area contributed by atoms with Gasteiger partial charge in [-0.3, -0.25) is 4.79 Å². The summed E-state index contributed by atoms with van der Waals surface area (Å²) in [4.78, 5) is 33.7. The Kier molecular flexibility index (Phi) is 4.09. The summed E-state index contributed by atoms with van der Waals surface area (Å²) >= 11 is 0. The van der Waals surface area contributed by atoms with Crippen molar-refractivity contribution in [2.24, 2.45) is 0 Å². The Morgan fingerprint density at radius 2 is 2.30 bits per heavy atom. The molecule has 1 fully saturated rings. The Bertz CT molecular complexity index is 740. The first-order valence-corrected chi connectivity index (χ1v) is 7.58. The fraction of sp³-hybridized carbons (Fsp3) is 0.500. The number of nitrogens with one attached hydrogen (secondary N) is 2. The van der Waals surface area contributed by atoms with Crippen LogP contribution in [0.5, 0.6) is 0 Å². The number of carbonyl (C=O) groups is 2. The van der Waals surface area contributed by atoms with Gasteiger partial charge in [0.25, 0.3) is 11.7 Å². The summed E-state index contributed by atoms with van der Waals surface area (Å²) in [6.45, 7) is 6.20. The minimum Gasteiger partial charge on any atom is -0.349 e. The van der Waals surface area contributed by atoms with E-state index in [0.717, 1.165) is 5.69 Å². The second kappa shape index (κ2) is 6.19. The van der Waals surface area contributed by atoms with Gasteiger partial charge >= 0.3 is 6.03 Å². The third-order valence-electron chi connectivity index (χ3n) is 3.72. The van der Waals surface area contributed by atoms with Gasteiger partial charge in [-0.25, -0.2) is 14.3 Å². The number of urea groups is 1. The molecule has 2 aromatic heterocycles. The maximum absolute atomic E-state index is 12.3. The van der Waals surface area contributed by atoms with Crippen LogP contribution in [-0.2, 0) is 0 Å². The smallest absolute Gasteiger partial charge is 0.317 e. The number of hydrogen-bond acceptors (Lipinski definition) is 5. The highest BCUT2D eigenvalue weighted by molar-refractivity contribution is 5.92. The topological polar surface area (TPSA) is 105 Å². The van der Waals surface area contributed by atoms with Crippen LogP contribution in [0.1, 0.15) is 35.9 Å². The molecule has 0 aliphatic carbocycles. The molecule has 0 bridgehead atoms. The first kappa shape index (κ1) is 15.2. The molecule has 1 saturated heterocycles. The van der Waals surface area contributed by atoms with Gasteiger partial charge < -0.3 is 15.5 Å². The van der Waals surface area contributed by atoms with Crippen molar-refractivity contribution in [1.82, 2.24) is 35.1 Å². The monoisotopic (exact) mass is 317 g/mol. The molecule has 122 valence electrons. The van der Waals surface area contributed by atoms with Gasteiger partial charge in [0.15, 0.2) is 0 Å². The van der Waals surface area contributed by atoms with Crippen LogP contribution in [0.25, 0.3) is 5.78 Å². The fourth-order valence-electron chi connectivity index (χ4n) is 2.48. The van der Waals surface area contributed by atoms with E-state index in [2.05, 4.69) is 25.7 Å². The zero-order valence-electron chi connectivity index (χ0n) is 13.1. The van der Waals surface area contributed by atoms with Crippen LogP contribution in [0.2, 0.25) is 0 Å². The number of amides is 3. The Hall–Kier alpha value is -2.71. The van der Waals surface area contributed by atoms with Gasteiger partial charge in [-0.05, 0) is 12.0 Å². The highest BCUT2D eigenvalue weighted by atomic mass is 16.2. The summed E-state index contributed by atoms with van der Waals surface area (Å²) in [5.74, 6) is 0.305. The lowest BCUT2D eigenvalue weighted by Crippen LogP contribution is -2.37. The molecule has 2 aromatic rings. The minimum absolute atomic E-state index is 0.0932. The number of rotatable bonds is 5. The molecule has 3 amide bonds. The Morgan fingerprint density at radius 1 is 1.48 bits per heavy atom. The molecule has 0 unspecified atom stereocenters. The first-order chi connectivity index (χ1) is 11.1. The highest BCUT2D eigenvalue weighted by Gasteiger charge is 2.19. The summed E-state index contributed by atoms with van der Waals surface area (Å²) in [6, 6.07) is 1.63. The molecule has 1 aliphatic rings. The number of aromatic nitrogens is 4. The maximum atomic E-state index is 12.3. The van der Waals surface area contributed by atoms with E-state index in [9.17, 15) is 9.59 Å². The van der Waals surface area contributed by atoms with Gasteiger partial charge in [0.05, 0.1) is 5.69 Å². The minimum atomic E-state index is -0.281. The van der Waals surface area contributed by atoms with Crippen LogP contribution in [0.15, 0.2) is 12.4 Å². The summed E-state index contributed by atoms with van der Waals surface area (Å²) < 4.78 is 1.63. The van der Waals surface area contributed by atoms with Crippen molar-refractivity contribution >= 4 is 17.7 Å². The van der Waals surface area contributed by atoms with Crippen molar-refractivity contribution in [3.05, 3.63) is 23.8 Å². The van der Waals surface area contributed by atoms with E-state index >= 15 is 0 Å². The van der Waals surface area contributed by atoms with Gasteiger partial charge in [0.2, 0.25) is 0 Å². The Morgan fingerprint density at radius 3 is 3.00 bits per heavy atom. The maximum Gasteiger partial charge on any atom is 0.317 e. The normalized spacial score (nSPS) is 14.6. The quantitative estimate of drug-likeness (QED) is 0.808. The molecule has 9 nitrogen and oxygen atoms in total. The van der Waals surface area contributed by atoms with Crippen LogP contribution >= 0.6 is 0 Å². The standard InChI is InChI=1S/C14H19N7O2/c1-9(2)11-7-10(19-13-17-8-18-21(11)13)12(22)15-3-5-20-6-4-16-14(20)23/h7-9H,3-6H2,1-2H3,(H,15,22)(H,16,23). The predicted molar refractivity (Wildman–Crippen MR) is 82.2 cm³/mol. The van der Waals surface area contributed by atoms with Crippen LogP contribution in [0.4, 0.5) is 4.79 Å². The van der Waals surface area contributed by atoms with Crippen molar-refractivity contribution in [3.63, 3.8) is 0 Å². The first-order valence-electron chi connectivity index (χ1n) is 7.58. The molecule has 1 aliphatic heterocycles. The molecule has 0 atom stereocenters. The molecule has 0 radical (unpaired) electrons. The zero-order valence-corrected chi connectivity index (χ0v) is 13.1. The number of hydrogen-bond donors (Lipinski definition) is 2. The second-order valence-electron chi connectivity index (χ2n) is 5.67. The average molecular weight is 317 g/mol. The van der Waals surface area contributed by atoms with Crippen LogP contribution in [0.3, 0.4) is 0 Å². The molecule has 3 rings (SSSR count). The summed E-state index contributed by atoms with van der Waals surface area (Å²) in [6.07, 6.45) is 1.42. The summed E-state index contributed by atoms with van der Waals surface area (Å²) in [5.41, 5.74) is 1.18. The molecule has 23 heavy (non-hydrogen) atoms. The largest absolute Gasteiger partial charge is 0.349 e. The third kappa shape index (κ3) is 3.08. The van der Waals surface area contributed by atoms with E-state index in [1.54, 1.807) is 15.5 Å². The van der Waals surface area contributed by atoms with Crippen LogP contribution in [-0.4, -0.2) is 62.6 Å². The second-order valence-corrected chi connectivity index (χ2v) is 5.67. The molecule has 2 N–H and O–H groups in total. The van der Waals surface area contributed by atoms with Gasteiger partial charge in [0, 0.05) is 26.2 Å². The molecule has 0 spiro atoms. The molecule has 9 heteroatoms. The predicted octanol–water partition coefficient (Wildman–Crippen LogP) is 0.00270. The fourth-order valence-corrected chi connectivity index (χ4v) is 2.48. The molecule has 0 aromatic carbocycles. The van der Waals surface area contributed by atoms with Crippen LogP contribution < -0.4 is 10.6 Å². The Labute approximate surface area is 133 Å². The number of nitrogens with zero attached hydrogens (tertiary/aromatic N) is 5. The summed E-state index contributed by atoms with van der Waals surface area (Å²) in [7, 11) is 0. The van der Waals surface area contributed by atoms with E-state index in [4.69, 9.17) is 0 Å². The van der Waals surface area contributed by atoms with Gasteiger partial charge in [-0.1, -0.05) is 13.8 Å². The summed E-state index contributed by atoms with van der Waals surface area (Å²) in [5, 5.41) is 9.63. The molecule has 3 heterocycles. The SMILES string of the molecule is CC(C)c1cc(C(=O)NCCN2CCNC2=O)nc2ncnn12. The van der Waals surface area contributed by atoms with E-state index in [0.29, 0.717) is 37.7 Å². The van der Waals surface area contributed by atoms with E-state index in [-0.39, 0.29) is 17.9 Å². The lowest BCUT2D eigenvalue weighted by Gasteiger charge is -2.14. The lowest BCUT2D eigenvalue weighted by atomic mass is 10.1. The number of fused-ring (bicyclic) bond motifs is 1. The van der Waals surface area contributed by atoms with Crippen molar-refractivity contribution in [2.75, 3.05) is 26.2 Å². The van der Waals surface area contributed by atoms with E-state index in [1.165, 1.54) is 6.33 Å². The van der Waals surface area contributed by atoms with Gasteiger partial charge in [-0.2, -0.15) is 10.1 Å². The highest BCUT2D eigenvalue weighted by Crippen LogP contribution is 2.15. The molecular formula is C14H19N7O2.